The quantitative estimate of drug-likeness (QED) is 0.644. The summed E-state index contributed by atoms with van der Waals surface area (Å²) >= 11 is 0. The predicted molar refractivity (Wildman–Crippen MR) is 55.0 cm³/mol. The van der Waals surface area contributed by atoms with E-state index >= 15 is 0 Å². The van der Waals surface area contributed by atoms with E-state index in [0.29, 0.717) is 12.1 Å². The Morgan fingerprint density at radius 2 is 2.36 bits per heavy atom. The molecule has 0 heterocycles. The Labute approximate surface area is 82.7 Å². The van der Waals surface area contributed by atoms with Crippen LogP contribution in [0.25, 0.3) is 0 Å². The van der Waals surface area contributed by atoms with Crippen LogP contribution in [0.4, 0.5) is 10.5 Å². The zero-order valence-corrected chi connectivity index (χ0v) is 8.03. The molecule has 0 aliphatic carbocycles. The summed E-state index contributed by atoms with van der Waals surface area (Å²) in [5, 5.41) is 11.0. The molecule has 0 spiro atoms. The number of amides is 1. The maximum atomic E-state index is 10.5. The molecule has 0 aliphatic rings. The lowest BCUT2D eigenvalue weighted by atomic mass is 10.0. The van der Waals surface area contributed by atoms with Crippen molar-refractivity contribution >= 4 is 11.8 Å². The highest BCUT2D eigenvalue weighted by molar-refractivity contribution is 5.65. The van der Waals surface area contributed by atoms with Crippen molar-refractivity contribution in [2.24, 2.45) is 0 Å². The molecule has 0 aromatic heterocycles. The third-order valence-electron chi connectivity index (χ3n) is 2.02. The fourth-order valence-electron chi connectivity index (χ4n) is 1.35. The summed E-state index contributed by atoms with van der Waals surface area (Å²) < 4.78 is 0. The Bertz CT molecular complexity index is 326. The first-order chi connectivity index (χ1) is 6.63. The second kappa shape index (κ2) is 4.50. The van der Waals surface area contributed by atoms with Gasteiger partial charge in [-0.15, -0.1) is 0 Å². The van der Waals surface area contributed by atoms with E-state index in [2.05, 4.69) is 5.32 Å². The molecule has 4 nitrogen and oxygen atoms in total. The lowest BCUT2D eigenvalue weighted by Crippen LogP contribution is -2.26. The van der Waals surface area contributed by atoms with Gasteiger partial charge in [-0.25, -0.2) is 4.79 Å². The van der Waals surface area contributed by atoms with Crippen LogP contribution in [0.5, 0.6) is 0 Å². The van der Waals surface area contributed by atoms with E-state index < -0.39 is 6.09 Å². The molecule has 1 rings (SSSR count). The molecule has 0 radical (unpaired) electrons. The summed E-state index contributed by atoms with van der Waals surface area (Å²) in [6.07, 6.45) is -0.310. The summed E-state index contributed by atoms with van der Waals surface area (Å²) in [5.74, 6) is 0. The van der Waals surface area contributed by atoms with Gasteiger partial charge in [-0.1, -0.05) is 19.1 Å². The van der Waals surface area contributed by atoms with Crippen LogP contribution in [0.3, 0.4) is 0 Å². The van der Waals surface area contributed by atoms with Crippen LogP contribution >= 0.6 is 0 Å². The molecule has 1 amide bonds. The van der Waals surface area contributed by atoms with Crippen LogP contribution in [0.1, 0.15) is 24.9 Å². The van der Waals surface area contributed by atoms with E-state index in [4.69, 9.17) is 10.8 Å². The highest BCUT2D eigenvalue weighted by Crippen LogP contribution is 2.18. The second-order valence-electron chi connectivity index (χ2n) is 3.08. The van der Waals surface area contributed by atoms with E-state index in [1.54, 1.807) is 12.1 Å². The summed E-state index contributed by atoms with van der Waals surface area (Å²) in [7, 11) is 0. The van der Waals surface area contributed by atoms with Crippen LogP contribution < -0.4 is 11.1 Å². The van der Waals surface area contributed by atoms with Crippen molar-refractivity contribution < 1.29 is 9.90 Å². The number of nitrogens with one attached hydrogen (secondary N) is 1. The minimum Gasteiger partial charge on any atom is -0.465 e. The van der Waals surface area contributed by atoms with Gasteiger partial charge in [-0.2, -0.15) is 0 Å². The van der Waals surface area contributed by atoms with Crippen LogP contribution in [-0.2, 0) is 0 Å². The Hall–Kier alpha value is -1.71. The lowest BCUT2D eigenvalue weighted by Gasteiger charge is -2.15. The van der Waals surface area contributed by atoms with Crippen molar-refractivity contribution in [1.29, 1.82) is 0 Å². The zero-order valence-electron chi connectivity index (χ0n) is 8.03. The van der Waals surface area contributed by atoms with Crippen molar-refractivity contribution in [3.8, 4) is 0 Å². The van der Waals surface area contributed by atoms with Gasteiger partial charge in [0.1, 0.15) is 0 Å². The van der Waals surface area contributed by atoms with Crippen molar-refractivity contribution in [2.45, 2.75) is 19.4 Å². The molecule has 76 valence electrons. The largest absolute Gasteiger partial charge is 0.465 e. The van der Waals surface area contributed by atoms with Gasteiger partial charge in [0.25, 0.3) is 0 Å². The Balaban J connectivity index is 2.83. The van der Waals surface area contributed by atoms with Crippen molar-refractivity contribution in [3.05, 3.63) is 29.8 Å². The molecule has 0 saturated heterocycles. The van der Waals surface area contributed by atoms with Gasteiger partial charge >= 0.3 is 6.09 Å². The molecule has 0 aliphatic heterocycles. The van der Waals surface area contributed by atoms with Crippen LogP contribution in [-0.4, -0.2) is 11.2 Å². The Morgan fingerprint density at radius 3 is 2.86 bits per heavy atom. The van der Waals surface area contributed by atoms with Crippen LogP contribution in [0.15, 0.2) is 24.3 Å². The first-order valence-electron chi connectivity index (χ1n) is 4.48. The third-order valence-corrected chi connectivity index (χ3v) is 2.02. The molecule has 1 atom stereocenters. The van der Waals surface area contributed by atoms with E-state index in [1.807, 2.05) is 19.1 Å². The number of anilines is 1. The minimum absolute atomic E-state index is 0.184. The van der Waals surface area contributed by atoms with E-state index in [-0.39, 0.29) is 6.04 Å². The number of hydrogen-bond acceptors (Lipinski definition) is 2. The number of rotatable bonds is 3. The van der Waals surface area contributed by atoms with Gasteiger partial charge < -0.3 is 16.2 Å². The SMILES string of the molecule is CCC(NC(=O)O)c1cccc(N)c1. The number of hydrogen-bond donors (Lipinski definition) is 3. The number of nitrogens with two attached hydrogens (primary N) is 1. The monoisotopic (exact) mass is 194 g/mol. The van der Waals surface area contributed by atoms with Gasteiger partial charge in [0.05, 0.1) is 6.04 Å². The van der Waals surface area contributed by atoms with Crippen molar-refractivity contribution in [1.82, 2.24) is 5.32 Å². The van der Waals surface area contributed by atoms with Crippen LogP contribution in [0.2, 0.25) is 0 Å². The summed E-state index contributed by atoms with van der Waals surface area (Å²) in [6.45, 7) is 1.92. The third kappa shape index (κ3) is 2.65. The molecule has 0 bridgehead atoms. The second-order valence-corrected chi connectivity index (χ2v) is 3.08. The van der Waals surface area contributed by atoms with E-state index in [9.17, 15) is 4.79 Å². The van der Waals surface area contributed by atoms with Gasteiger partial charge in [-0.3, -0.25) is 0 Å². The molecule has 4 heteroatoms. The average molecular weight is 194 g/mol. The van der Waals surface area contributed by atoms with E-state index in [0.717, 1.165) is 5.56 Å². The van der Waals surface area contributed by atoms with Crippen molar-refractivity contribution in [3.63, 3.8) is 0 Å². The first kappa shape index (κ1) is 10.4. The molecule has 1 unspecified atom stereocenters. The topological polar surface area (TPSA) is 75.3 Å². The molecule has 0 saturated carbocycles. The summed E-state index contributed by atoms with van der Waals surface area (Å²) in [6, 6.07) is 7.05. The highest BCUT2D eigenvalue weighted by atomic mass is 16.4. The maximum Gasteiger partial charge on any atom is 0.405 e. The zero-order chi connectivity index (χ0) is 10.6. The molecular weight excluding hydrogens is 180 g/mol. The summed E-state index contributed by atoms with van der Waals surface area (Å²) in [5.41, 5.74) is 7.15. The number of carbonyl (C=O) groups is 1. The standard InChI is InChI=1S/C10H14N2O2/c1-2-9(12-10(13)14)7-4-3-5-8(11)6-7/h3-6,9,12H,2,11H2,1H3,(H,13,14). The maximum absolute atomic E-state index is 10.5. The van der Waals surface area contributed by atoms with Crippen molar-refractivity contribution in [2.75, 3.05) is 5.73 Å². The first-order valence-corrected chi connectivity index (χ1v) is 4.48. The fourth-order valence-corrected chi connectivity index (χ4v) is 1.35. The number of nitrogen functional groups attached to an aromatic ring is 1. The Morgan fingerprint density at radius 1 is 1.64 bits per heavy atom. The van der Waals surface area contributed by atoms with Gasteiger partial charge in [0.2, 0.25) is 0 Å². The number of carboxylic acid groups (broad SMARTS) is 1. The summed E-state index contributed by atoms with van der Waals surface area (Å²) in [4.78, 5) is 10.5. The lowest BCUT2D eigenvalue weighted by molar-refractivity contribution is 0.189. The average Bonchev–Trinajstić information content (AvgIpc) is 2.14. The predicted octanol–water partition coefficient (Wildman–Crippen LogP) is 1.99. The molecule has 14 heavy (non-hydrogen) atoms. The molecule has 1 aromatic carbocycles. The Kier molecular flexibility index (Phi) is 3.34. The van der Waals surface area contributed by atoms with E-state index in [1.165, 1.54) is 0 Å². The van der Waals surface area contributed by atoms with Gasteiger partial charge in [0, 0.05) is 5.69 Å². The molecule has 0 fully saturated rings. The van der Waals surface area contributed by atoms with Gasteiger partial charge in [0.15, 0.2) is 0 Å². The smallest absolute Gasteiger partial charge is 0.405 e. The fraction of sp³-hybridized carbons (Fsp3) is 0.300. The normalized spacial score (nSPS) is 12.1. The minimum atomic E-state index is -1.01. The molecular formula is C10H14N2O2. The molecule has 1 aromatic rings. The number of benzene rings is 1. The van der Waals surface area contributed by atoms with Crippen LogP contribution in [0, 0.1) is 0 Å². The highest BCUT2D eigenvalue weighted by Gasteiger charge is 2.11. The molecule has 4 N–H and O–H groups in total. The van der Waals surface area contributed by atoms with Gasteiger partial charge in [-0.05, 0) is 24.1 Å².